The Hall–Kier alpha value is -0.800. The van der Waals surface area contributed by atoms with Crippen molar-refractivity contribution in [1.29, 1.82) is 5.26 Å². The highest BCUT2D eigenvalue weighted by Crippen LogP contribution is 2.29. The summed E-state index contributed by atoms with van der Waals surface area (Å²) in [4.78, 5) is 1.73. The van der Waals surface area contributed by atoms with Gasteiger partial charge in [-0.3, -0.25) is 4.90 Å². The van der Waals surface area contributed by atoms with Gasteiger partial charge >= 0.3 is 6.18 Å². The number of aliphatic hydroxyl groups excluding tert-OH is 1. The third kappa shape index (κ3) is 4.17. The second kappa shape index (κ2) is 6.22. The number of nitrogens with zero attached hydrogens (tertiary/aromatic N) is 2. The van der Waals surface area contributed by atoms with Gasteiger partial charge in [-0.2, -0.15) is 18.4 Å². The Labute approximate surface area is 98.8 Å². The van der Waals surface area contributed by atoms with Crippen molar-refractivity contribution in [2.45, 2.75) is 37.9 Å². The molecule has 0 saturated carbocycles. The van der Waals surface area contributed by atoms with E-state index in [0.29, 0.717) is 19.4 Å². The molecule has 0 aromatic rings. The molecular weight excluding hydrogens is 233 g/mol. The molecular formula is C11H17F3N2O. The summed E-state index contributed by atoms with van der Waals surface area (Å²) in [6.07, 6.45) is -1.42. The Balaban J connectivity index is 2.51. The Bertz CT molecular complexity index is 275. The Morgan fingerprint density at radius 3 is 2.71 bits per heavy atom. The maximum atomic E-state index is 12.5. The van der Waals surface area contributed by atoms with Crippen LogP contribution in [0, 0.1) is 17.2 Å². The van der Waals surface area contributed by atoms with E-state index in [-0.39, 0.29) is 19.2 Å². The Morgan fingerprint density at radius 1 is 1.47 bits per heavy atom. The van der Waals surface area contributed by atoms with E-state index in [9.17, 15) is 13.2 Å². The smallest absolute Gasteiger partial charge is 0.396 e. The van der Waals surface area contributed by atoms with Gasteiger partial charge in [0, 0.05) is 19.2 Å². The molecule has 17 heavy (non-hydrogen) atoms. The fourth-order valence-electron chi connectivity index (χ4n) is 2.24. The minimum atomic E-state index is -4.45. The molecule has 0 radical (unpaired) electrons. The summed E-state index contributed by atoms with van der Waals surface area (Å²) in [5.74, 6) is -1.91. The molecule has 1 aliphatic heterocycles. The molecule has 2 atom stereocenters. The van der Waals surface area contributed by atoms with Gasteiger partial charge in [-0.15, -0.1) is 0 Å². The summed E-state index contributed by atoms with van der Waals surface area (Å²) in [7, 11) is 0. The van der Waals surface area contributed by atoms with Crippen LogP contribution in [0.4, 0.5) is 13.2 Å². The summed E-state index contributed by atoms with van der Waals surface area (Å²) in [6.45, 7) is 0.436. The van der Waals surface area contributed by atoms with Gasteiger partial charge in [0.15, 0.2) is 5.92 Å². The molecule has 1 aliphatic rings. The maximum Gasteiger partial charge on any atom is 0.405 e. The summed E-state index contributed by atoms with van der Waals surface area (Å²) in [5, 5.41) is 17.3. The monoisotopic (exact) mass is 250 g/mol. The van der Waals surface area contributed by atoms with Crippen molar-refractivity contribution >= 4 is 0 Å². The van der Waals surface area contributed by atoms with E-state index in [1.54, 1.807) is 4.90 Å². The summed E-state index contributed by atoms with van der Waals surface area (Å²) in [6, 6.07) is 1.41. The van der Waals surface area contributed by atoms with Crippen LogP contribution in [0.1, 0.15) is 25.7 Å². The summed E-state index contributed by atoms with van der Waals surface area (Å²) in [5.41, 5.74) is 0. The molecule has 98 valence electrons. The third-order valence-corrected chi connectivity index (χ3v) is 3.16. The minimum Gasteiger partial charge on any atom is -0.396 e. The second-order valence-corrected chi connectivity index (χ2v) is 4.38. The highest BCUT2D eigenvalue weighted by Gasteiger charge is 2.42. The number of likely N-dealkylation sites (tertiary alicyclic amines) is 1. The molecule has 3 nitrogen and oxygen atoms in total. The molecule has 0 amide bonds. The quantitative estimate of drug-likeness (QED) is 0.811. The van der Waals surface area contributed by atoms with Crippen molar-refractivity contribution in [3.05, 3.63) is 0 Å². The summed E-state index contributed by atoms with van der Waals surface area (Å²) >= 11 is 0. The van der Waals surface area contributed by atoms with Crippen LogP contribution in [-0.2, 0) is 0 Å². The highest BCUT2D eigenvalue weighted by molar-refractivity contribution is 4.93. The van der Waals surface area contributed by atoms with Crippen molar-refractivity contribution in [3.63, 3.8) is 0 Å². The average molecular weight is 250 g/mol. The summed E-state index contributed by atoms with van der Waals surface area (Å²) < 4.78 is 37.4. The molecule has 0 spiro atoms. The molecule has 1 fully saturated rings. The van der Waals surface area contributed by atoms with E-state index in [1.165, 1.54) is 6.07 Å². The molecule has 0 aromatic heterocycles. The largest absolute Gasteiger partial charge is 0.405 e. The van der Waals surface area contributed by atoms with Crippen LogP contribution in [0.2, 0.25) is 0 Å². The first kappa shape index (κ1) is 14.3. The number of rotatable bonds is 5. The van der Waals surface area contributed by atoms with E-state index >= 15 is 0 Å². The number of hydrogen-bond donors (Lipinski definition) is 1. The van der Waals surface area contributed by atoms with Gasteiger partial charge in [0.25, 0.3) is 0 Å². The predicted molar refractivity (Wildman–Crippen MR) is 56.1 cm³/mol. The fourth-order valence-corrected chi connectivity index (χ4v) is 2.24. The minimum absolute atomic E-state index is 0.0608. The van der Waals surface area contributed by atoms with E-state index in [1.807, 2.05) is 0 Å². The number of aliphatic hydroxyl groups is 1. The van der Waals surface area contributed by atoms with Gasteiger partial charge in [-0.1, -0.05) is 0 Å². The zero-order chi connectivity index (χ0) is 12.9. The lowest BCUT2D eigenvalue weighted by molar-refractivity contribution is -0.163. The van der Waals surface area contributed by atoms with Crippen LogP contribution in [-0.4, -0.2) is 41.9 Å². The van der Waals surface area contributed by atoms with Crippen molar-refractivity contribution in [2.24, 2.45) is 5.92 Å². The van der Waals surface area contributed by atoms with Gasteiger partial charge in [0.2, 0.25) is 0 Å². The number of nitriles is 1. The van der Waals surface area contributed by atoms with E-state index in [2.05, 4.69) is 0 Å². The SMILES string of the molecule is N#CC(CN1CCCC1CCCO)C(F)(F)F. The van der Waals surface area contributed by atoms with Crippen LogP contribution in [0.25, 0.3) is 0 Å². The Morgan fingerprint density at radius 2 is 2.18 bits per heavy atom. The molecule has 6 heteroatoms. The number of hydrogen-bond acceptors (Lipinski definition) is 3. The molecule has 1 N–H and O–H groups in total. The van der Waals surface area contributed by atoms with Crippen LogP contribution in [0.15, 0.2) is 0 Å². The van der Waals surface area contributed by atoms with Crippen LogP contribution in [0.3, 0.4) is 0 Å². The van der Waals surface area contributed by atoms with Crippen LogP contribution < -0.4 is 0 Å². The lowest BCUT2D eigenvalue weighted by Crippen LogP contribution is -2.38. The number of halogens is 3. The van der Waals surface area contributed by atoms with Crippen molar-refractivity contribution in [1.82, 2.24) is 4.90 Å². The number of alkyl halides is 3. The molecule has 1 heterocycles. The van der Waals surface area contributed by atoms with Gasteiger partial charge in [-0.25, -0.2) is 0 Å². The maximum absolute atomic E-state index is 12.5. The van der Waals surface area contributed by atoms with Gasteiger partial charge < -0.3 is 5.11 Å². The van der Waals surface area contributed by atoms with Gasteiger partial charge in [-0.05, 0) is 32.2 Å². The molecule has 0 aromatic carbocycles. The zero-order valence-electron chi connectivity index (χ0n) is 9.58. The van der Waals surface area contributed by atoms with Crippen molar-refractivity contribution in [2.75, 3.05) is 19.7 Å². The van der Waals surface area contributed by atoms with Gasteiger partial charge in [0.1, 0.15) is 0 Å². The van der Waals surface area contributed by atoms with Crippen molar-refractivity contribution < 1.29 is 18.3 Å². The first-order valence-corrected chi connectivity index (χ1v) is 5.80. The van der Waals surface area contributed by atoms with E-state index in [4.69, 9.17) is 10.4 Å². The zero-order valence-corrected chi connectivity index (χ0v) is 9.58. The van der Waals surface area contributed by atoms with E-state index < -0.39 is 12.1 Å². The lowest BCUT2D eigenvalue weighted by atomic mass is 10.1. The highest BCUT2D eigenvalue weighted by atomic mass is 19.4. The van der Waals surface area contributed by atoms with Crippen LogP contribution >= 0.6 is 0 Å². The van der Waals surface area contributed by atoms with Crippen LogP contribution in [0.5, 0.6) is 0 Å². The average Bonchev–Trinajstić information content (AvgIpc) is 2.68. The molecule has 1 rings (SSSR count). The Kier molecular flexibility index (Phi) is 5.22. The second-order valence-electron chi connectivity index (χ2n) is 4.38. The molecule has 0 bridgehead atoms. The molecule has 0 aliphatic carbocycles. The fraction of sp³-hybridized carbons (Fsp3) is 0.909. The third-order valence-electron chi connectivity index (χ3n) is 3.16. The molecule has 2 unspecified atom stereocenters. The van der Waals surface area contributed by atoms with E-state index in [0.717, 1.165) is 12.8 Å². The first-order chi connectivity index (χ1) is 7.99. The standard InChI is InChI=1S/C11H17F3N2O/c12-11(13,14)9(7-15)8-16-5-1-3-10(16)4-2-6-17/h9-10,17H,1-6,8H2. The normalized spacial score (nSPS) is 23.6. The van der Waals surface area contributed by atoms with Gasteiger partial charge in [0.05, 0.1) is 6.07 Å². The predicted octanol–water partition coefficient (Wildman–Crippen LogP) is 1.93. The van der Waals surface area contributed by atoms with Crippen molar-refractivity contribution in [3.8, 4) is 6.07 Å². The first-order valence-electron chi connectivity index (χ1n) is 5.80. The topological polar surface area (TPSA) is 47.3 Å². The lowest BCUT2D eigenvalue weighted by Gasteiger charge is -2.27. The molecule has 1 saturated heterocycles.